The van der Waals surface area contributed by atoms with Crippen LogP contribution in [-0.4, -0.2) is 7.05 Å². The van der Waals surface area contributed by atoms with Gasteiger partial charge in [-0.3, -0.25) is 0 Å². The van der Waals surface area contributed by atoms with Gasteiger partial charge < -0.3 is 5.32 Å². The van der Waals surface area contributed by atoms with E-state index in [0.717, 1.165) is 15.6 Å². The monoisotopic (exact) mass is 307 g/mol. The lowest BCUT2D eigenvalue weighted by Crippen LogP contribution is -2.18. The van der Waals surface area contributed by atoms with Crippen LogP contribution >= 0.6 is 15.9 Å². The first-order valence-electron chi connectivity index (χ1n) is 5.81. The van der Waals surface area contributed by atoms with E-state index >= 15 is 0 Å². The Morgan fingerprint density at radius 1 is 1.17 bits per heavy atom. The van der Waals surface area contributed by atoms with Crippen LogP contribution in [0.15, 0.2) is 46.9 Å². The molecule has 0 spiro atoms. The van der Waals surface area contributed by atoms with E-state index in [4.69, 9.17) is 0 Å². The molecule has 0 heterocycles. The fraction of sp³-hybridized carbons (Fsp3) is 0.200. The van der Waals surface area contributed by atoms with E-state index in [1.54, 1.807) is 6.92 Å². The number of hydrogen-bond donors (Lipinski definition) is 1. The van der Waals surface area contributed by atoms with Gasteiger partial charge in [0.2, 0.25) is 0 Å². The van der Waals surface area contributed by atoms with E-state index < -0.39 is 0 Å². The second kappa shape index (κ2) is 5.63. The third-order valence-electron chi connectivity index (χ3n) is 3.02. The minimum Gasteiger partial charge on any atom is -0.309 e. The predicted molar refractivity (Wildman–Crippen MR) is 76.2 cm³/mol. The zero-order chi connectivity index (χ0) is 13.1. The summed E-state index contributed by atoms with van der Waals surface area (Å²) in [7, 11) is 1.91. The molecule has 0 amide bonds. The Morgan fingerprint density at radius 3 is 2.50 bits per heavy atom. The third kappa shape index (κ3) is 2.62. The second-order valence-corrected chi connectivity index (χ2v) is 5.11. The van der Waals surface area contributed by atoms with Crippen LogP contribution in [0.5, 0.6) is 0 Å². The molecule has 94 valence electrons. The lowest BCUT2D eigenvalue weighted by Gasteiger charge is -2.19. The van der Waals surface area contributed by atoms with E-state index in [9.17, 15) is 4.39 Å². The minimum atomic E-state index is -0.166. The van der Waals surface area contributed by atoms with Crippen molar-refractivity contribution in [1.82, 2.24) is 5.32 Å². The van der Waals surface area contributed by atoms with Gasteiger partial charge in [-0.2, -0.15) is 0 Å². The molecule has 1 N–H and O–H groups in total. The molecular formula is C15H15BrFN. The Kier molecular flexibility index (Phi) is 4.15. The van der Waals surface area contributed by atoms with Crippen LogP contribution < -0.4 is 5.32 Å². The molecule has 0 aliphatic carbocycles. The van der Waals surface area contributed by atoms with Gasteiger partial charge in [-0.05, 0) is 42.8 Å². The largest absolute Gasteiger partial charge is 0.309 e. The van der Waals surface area contributed by atoms with Gasteiger partial charge in [-0.1, -0.05) is 46.3 Å². The maximum Gasteiger partial charge on any atom is 0.126 e. The molecule has 3 heteroatoms. The zero-order valence-electron chi connectivity index (χ0n) is 10.4. The van der Waals surface area contributed by atoms with E-state index in [2.05, 4.69) is 27.3 Å². The molecule has 0 fully saturated rings. The SMILES string of the molecule is CNC(c1ccc(F)c(C)c1)c1ccccc1Br. The smallest absolute Gasteiger partial charge is 0.126 e. The van der Waals surface area contributed by atoms with Crippen molar-refractivity contribution in [3.05, 3.63) is 69.4 Å². The lowest BCUT2D eigenvalue weighted by atomic mass is 9.97. The van der Waals surface area contributed by atoms with Gasteiger partial charge in [0.05, 0.1) is 6.04 Å². The van der Waals surface area contributed by atoms with Crippen LogP contribution in [0.4, 0.5) is 4.39 Å². The summed E-state index contributed by atoms with van der Waals surface area (Å²) >= 11 is 3.55. The fourth-order valence-corrected chi connectivity index (χ4v) is 2.57. The average molecular weight is 308 g/mol. The molecule has 0 aliphatic rings. The van der Waals surface area contributed by atoms with Gasteiger partial charge in [-0.15, -0.1) is 0 Å². The molecule has 0 aromatic heterocycles. The standard InChI is InChI=1S/C15H15BrFN/c1-10-9-11(7-8-14(10)17)15(18-2)12-5-3-4-6-13(12)16/h3-9,15,18H,1-2H3. The van der Waals surface area contributed by atoms with Crippen LogP contribution in [0.2, 0.25) is 0 Å². The van der Waals surface area contributed by atoms with Crippen molar-refractivity contribution in [2.45, 2.75) is 13.0 Å². The fourth-order valence-electron chi connectivity index (χ4n) is 2.06. The lowest BCUT2D eigenvalue weighted by molar-refractivity contribution is 0.614. The van der Waals surface area contributed by atoms with Crippen molar-refractivity contribution in [2.24, 2.45) is 0 Å². The van der Waals surface area contributed by atoms with Crippen LogP contribution in [0.25, 0.3) is 0 Å². The van der Waals surface area contributed by atoms with Gasteiger partial charge >= 0.3 is 0 Å². The van der Waals surface area contributed by atoms with Gasteiger partial charge in [0.25, 0.3) is 0 Å². The molecule has 2 aromatic carbocycles. The van der Waals surface area contributed by atoms with E-state index in [0.29, 0.717) is 5.56 Å². The van der Waals surface area contributed by atoms with Gasteiger partial charge in [-0.25, -0.2) is 4.39 Å². The van der Waals surface area contributed by atoms with Crippen LogP contribution in [0, 0.1) is 12.7 Å². The summed E-state index contributed by atoms with van der Waals surface area (Å²) in [5, 5.41) is 3.27. The highest BCUT2D eigenvalue weighted by molar-refractivity contribution is 9.10. The molecule has 1 atom stereocenters. The number of benzene rings is 2. The zero-order valence-corrected chi connectivity index (χ0v) is 12.0. The first-order chi connectivity index (χ1) is 8.63. The Bertz CT molecular complexity index is 554. The molecule has 0 radical (unpaired) electrons. The summed E-state index contributed by atoms with van der Waals surface area (Å²) < 4.78 is 14.4. The van der Waals surface area contributed by atoms with Crippen molar-refractivity contribution in [1.29, 1.82) is 0 Å². The topological polar surface area (TPSA) is 12.0 Å². The van der Waals surface area contributed by atoms with Gasteiger partial charge in [0, 0.05) is 4.47 Å². The molecule has 1 nitrogen and oxygen atoms in total. The van der Waals surface area contributed by atoms with Crippen molar-refractivity contribution in [2.75, 3.05) is 7.05 Å². The number of rotatable bonds is 3. The highest BCUT2D eigenvalue weighted by atomic mass is 79.9. The minimum absolute atomic E-state index is 0.0554. The molecule has 2 aromatic rings. The molecule has 0 aliphatic heterocycles. The van der Waals surface area contributed by atoms with E-state index in [-0.39, 0.29) is 11.9 Å². The summed E-state index contributed by atoms with van der Waals surface area (Å²) in [6, 6.07) is 13.3. The first kappa shape index (κ1) is 13.2. The summed E-state index contributed by atoms with van der Waals surface area (Å²) in [5.41, 5.74) is 2.87. The first-order valence-corrected chi connectivity index (χ1v) is 6.60. The summed E-state index contributed by atoms with van der Waals surface area (Å²) in [5.74, 6) is -0.166. The summed E-state index contributed by atoms with van der Waals surface area (Å²) in [6.45, 7) is 1.78. The van der Waals surface area contributed by atoms with Crippen molar-refractivity contribution < 1.29 is 4.39 Å². The maximum atomic E-state index is 13.3. The van der Waals surface area contributed by atoms with E-state index in [1.165, 1.54) is 6.07 Å². The number of hydrogen-bond acceptors (Lipinski definition) is 1. The predicted octanol–water partition coefficient (Wildman–Crippen LogP) is 4.21. The highest BCUT2D eigenvalue weighted by Crippen LogP contribution is 2.28. The van der Waals surface area contributed by atoms with Crippen LogP contribution in [0.1, 0.15) is 22.7 Å². The van der Waals surface area contributed by atoms with Crippen molar-refractivity contribution in [3.63, 3.8) is 0 Å². The molecule has 0 saturated carbocycles. The van der Waals surface area contributed by atoms with Crippen molar-refractivity contribution in [3.8, 4) is 0 Å². The second-order valence-electron chi connectivity index (χ2n) is 4.25. The average Bonchev–Trinajstić information content (AvgIpc) is 2.37. The molecule has 0 saturated heterocycles. The Labute approximate surface area is 115 Å². The van der Waals surface area contributed by atoms with E-state index in [1.807, 2.05) is 37.4 Å². The highest BCUT2D eigenvalue weighted by Gasteiger charge is 2.15. The normalized spacial score (nSPS) is 12.4. The third-order valence-corrected chi connectivity index (χ3v) is 3.74. The number of nitrogens with one attached hydrogen (secondary N) is 1. The van der Waals surface area contributed by atoms with Crippen LogP contribution in [0.3, 0.4) is 0 Å². The Balaban J connectivity index is 2.45. The quantitative estimate of drug-likeness (QED) is 0.896. The summed E-state index contributed by atoms with van der Waals surface area (Å²) in [4.78, 5) is 0. The van der Waals surface area contributed by atoms with Gasteiger partial charge in [0.1, 0.15) is 5.82 Å². The number of aryl methyl sites for hydroxylation is 1. The summed E-state index contributed by atoms with van der Waals surface area (Å²) in [6.07, 6.45) is 0. The molecule has 18 heavy (non-hydrogen) atoms. The molecular weight excluding hydrogens is 293 g/mol. The Morgan fingerprint density at radius 2 is 1.89 bits per heavy atom. The maximum absolute atomic E-state index is 13.3. The molecule has 0 bridgehead atoms. The van der Waals surface area contributed by atoms with Crippen LogP contribution in [-0.2, 0) is 0 Å². The van der Waals surface area contributed by atoms with Gasteiger partial charge in [0.15, 0.2) is 0 Å². The molecule has 1 unspecified atom stereocenters. The number of halogens is 2. The molecule has 2 rings (SSSR count). The van der Waals surface area contributed by atoms with Crippen molar-refractivity contribution >= 4 is 15.9 Å². The Hall–Kier alpha value is -1.19.